The molecule has 0 atom stereocenters. The van der Waals surface area contributed by atoms with Crippen molar-refractivity contribution in [2.45, 2.75) is 19.9 Å². The summed E-state index contributed by atoms with van der Waals surface area (Å²) in [7, 11) is 0. The third kappa shape index (κ3) is 7.60. The van der Waals surface area contributed by atoms with Crippen molar-refractivity contribution in [3.8, 4) is 0 Å². The van der Waals surface area contributed by atoms with Crippen LogP contribution >= 0.6 is 24.0 Å². The van der Waals surface area contributed by atoms with Gasteiger partial charge < -0.3 is 16.4 Å². The zero-order valence-electron chi connectivity index (χ0n) is 10.8. The summed E-state index contributed by atoms with van der Waals surface area (Å²) < 4.78 is 12.6. The number of guanidine groups is 1. The van der Waals surface area contributed by atoms with Crippen molar-refractivity contribution in [2.24, 2.45) is 10.7 Å². The summed E-state index contributed by atoms with van der Waals surface area (Å²) in [5.41, 5.74) is 6.07. The van der Waals surface area contributed by atoms with Crippen molar-refractivity contribution in [1.82, 2.24) is 5.32 Å². The number of benzene rings is 1. The van der Waals surface area contributed by atoms with Gasteiger partial charge in [0.2, 0.25) is 5.91 Å². The third-order valence-corrected chi connectivity index (χ3v) is 1.96. The highest BCUT2D eigenvalue weighted by molar-refractivity contribution is 14.0. The van der Waals surface area contributed by atoms with E-state index >= 15 is 0 Å². The van der Waals surface area contributed by atoms with Crippen molar-refractivity contribution < 1.29 is 9.18 Å². The van der Waals surface area contributed by atoms with Gasteiger partial charge in [-0.2, -0.15) is 0 Å². The fourth-order valence-electron chi connectivity index (χ4n) is 1.23. The van der Waals surface area contributed by atoms with Crippen LogP contribution in [0, 0.1) is 5.82 Å². The van der Waals surface area contributed by atoms with Crippen molar-refractivity contribution in [3.63, 3.8) is 0 Å². The normalized spacial score (nSPS) is 10.8. The van der Waals surface area contributed by atoms with E-state index in [0.29, 0.717) is 5.69 Å². The second-order valence-electron chi connectivity index (χ2n) is 4.06. The van der Waals surface area contributed by atoms with Gasteiger partial charge >= 0.3 is 0 Å². The van der Waals surface area contributed by atoms with E-state index in [9.17, 15) is 9.18 Å². The van der Waals surface area contributed by atoms with E-state index in [1.807, 2.05) is 13.8 Å². The number of amides is 1. The van der Waals surface area contributed by atoms with Crippen molar-refractivity contribution in [1.29, 1.82) is 0 Å². The predicted molar refractivity (Wildman–Crippen MR) is 85.2 cm³/mol. The number of hydrogen-bond donors (Lipinski definition) is 3. The van der Waals surface area contributed by atoms with Gasteiger partial charge in [0.1, 0.15) is 12.4 Å². The summed E-state index contributed by atoms with van der Waals surface area (Å²) in [6, 6.07) is 5.66. The zero-order chi connectivity index (χ0) is 13.5. The Morgan fingerprint density at radius 3 is 2.47 bits per heavy atom. The molecule has 0 unspecified atom stereocenters. The lowest BCUT2D eigenvalue weighted by molar-refractivity contribution is -0.114. The molecule has 0 fully saturated rings. The Morgan fingerprint density at radius 1 is 1.37 bits per heavy atom. The Hall–Kier alpha value is -1.38. The van der Waals surface area contributed by atoms with E-state index < -0.39 is 0 Å². The molecule has 0 spiro atoms. The third-order valence-electron chi connectivity index (χ3n) is 1.96. The second kappa shape index (κ2) is 8.68. The standard InChI is InChI=1S/C12H17FN4O.HI/c1-8(2)16-12(14)15-7-11(18)17-10-5-3-9(13)4-6-10;/h3-6,8H,7H2,1-2H3,(H,17,18)(H3,14,15,16);1H. The summed E-state index contributed by atoms with van der Waals surface area (Å²) in [6.07, 6.45) is 0. The molecule has 0 aromatic heterocycles. The lowest BCUT2D eigenvalue weighted by atomic mass is 10.3. The molecule has 1 aromatic carbocycles. The van der Waals surface area contributed by atoms with Gasteiger partial charge in [0.05, 0.1) is 0 Å². The molecular weight excluding hydrogens is 362 g/mol. The molecule has 5 nitrogen and oxygen atoms in total. The van der Waals surface area contributed by atoms with E-state index in [4.69, 9.17) is 5.73 Å². The summed E-state index contributed by atoms with van der Waals surface area (Å²) in [5, 5.41) is 5.45. The van der Waals surface area contributed by atoms with Gasteiger partial charge in [0, 0.05) is 11.7 Å². The molecule has 0 saturated carbocycles. The van der Waals surface area contributed by atoms with Crippen LogP contribution in [-0.2, 0) is 4.79 Å². The Bertz CT molecular complexity index is 434. The van der Waals surface area contributed by atoms with E-state index in [0.717, 1.165) is 0 Å². The van der Waals surface area contributed by atoms with Crippen LogP contribution in [0.4, 0.5) is 10.1 Å². The minimum absolute atomic E-state index is 0. The molecule has 0 saturated heterocycles. The molecule has 1 rings (SSSR count). The van der Waals surface area contributed by atoms with Crippen molar-refractivity contribution in [3.05, 3.63) is 30.1 Å². The Morgan fingerprint density at radius 2 is 1.95 bits per heavy atom. The number of carbonyl (C=O) groups is 1. The first-order valence-corrected chi connectivity index (χ1v) is 5.59. The first kappa shape index (κ1) is 17.6. The lowest BCUT2D eigenvalue weighted by Crippen LogP contribution is -2.37. The van der Waals surface area contributed by atoms with Crippen LogP contribution in [0.1, 0.15) is 13.8 Å². The monoisotopic (exact) mass is 380 g/mol. The first-order chi connectivity index (χ1) is 8.47. The maximum absolute atomic E-state index is 12.6. The molecule has 0 radical (unpaired) electrons. The second-order valence-corrected chi connectivity index (χ2v) is 4.06. The molecular formula is C12H18FIN4O. The molecule has 4 N–H and O–H groups in total. The SMILES string of the molecule is CC(C)NC(N)=NCC(=O)Nc1ccc(F)cc1.I. The van der Waals surface area contributed by atoms with E-state index in [-0.39, 0.29) is 54.2 Å². The average molecular weight is 380 g/mol. The number of nitrogens with two attached hydrogens (primary N) is 1. The highest BCUT2D eigenvalue weighted by atomic mass is 127. The highest BCUT2D eigenvalue weighted by Gasteiger charge is 2.02. The van der Waals surface area contributed by atoms with Crippen LogP contribution in [0.3, 0.4) is 0 Å². The summed E-state index contributed by atoms with van der Waals surface area (Å²) in [5.74, 6) is -0.439. The number of anilines is 1. The smallest absolute Gasteiger partial charge is 0.246 e. The van der Waals surface area contributed by atoms with Gasteiger partial charge in [-0.3, -0.25) is 4.79 Å². The minimum atomic E-state index is -0.351. The number of carbonyl (C=O) groups excluding carboxylic acids is 1. The molecule has 0 aliphatic carbocycles. The van der Waals surface area contributed by atoms with Crippen LogP contribution in [-0.4, -0.2) is 24.5 Å². The molecule has 19 heavy (non-hydrogen) atoms. The van der Waals surface area contributed by atoms with Crippen molar-refractivity contribution in [2.75, 3.05) is 11.9 Å². The Kier molecular flexibility index (Phi) is 8.05. The number of hydrogen-bond acceptors (Lipinski definition) is 2. The Balaban J connectivity index is 0.00000324. The molecule has 106 valence electrons. The number of nitrogens with one attached hydrogen (secondary N) is 2. The molecule has 1 aromatic rings. The van der Waals surface area contributed by atoms with Gasteiger partial charge in [0.25, 0.3) is 0 Å². The first-order valence-electron chi connectivity index (χ1n) is 5.59. The summed E-state index contributed by atoms with van der Waals surface area (Å²) >= 11 is 0. The maximum atomic E-state index is 12.6. The number of rotatable bonds is 4. The van der Waals surface area contributed by atoms with E-state index in [2.05, 4.69) is 15.6 Å². The van der Waals surface area contributed by atoms with Gasteiger partial charge in [0.15, 0.2) is 5.96 Å². The summed E-state index contributed by atoms with van der Waals surface area (Å²) in [6.45, 7) is 3.75. The van der Waals surface area contributed by atoms with E-state index in [1.54, 1.807) is 0 Å². The Labute approximate surface area is 128 Å². The molecule has 0 aliphatic rings. The predicted octanol–water partition coefficient (Wildman–Crippen LogP) is 1.69. The average Bonchev–Trinajstić information content (AvgIpc) is 2.29. The van der Waals surface area contributed by atoms with Crippen LogP contribution in [0.15, 0.2) is 29.3 Å². The highest BCUT2D eigenvalue weighted by Crippen LogP contribution is 2.07. The van der Waals surface area contributed by atoms with E-state index in [1.165, 1.54) is 24.3 Å². The molecule has 1 amide bonds. The lowest BCUT2D eigenvalue weighted by Gasteiger charge is -2.08. The van der Waals surface area contributed by atoms with Gasteiger partial charge in [-0.05, 0) is 38.1 Å². The van der Waals surface area contributed by atoms with Crippen LogP contribution in [0.5, 0.6) is 0 Å². The molecule has 0 aliphatic heterocycles. The molecule has 7 heteroatoms. The minimum Gasteiger partial charge on any atom is -0.370 e. The van der Waals surface area contributed by atoms with Crippen molar-refractivity contribution >= 4 is 41.5 Å². The quantitative estimate of drug-likeness (QED) is 0.423. The maximum Gasteiger partial charge on any atom is 0.246 e. The van der Waals surface area contributed by atoms with Gasteiger partial charge in [-0.1, -0.05) is 0 Å². The fourth-order valence-corrected chi connectivity index (χ4v) is 1.23. The van der Waals surface area contributed by atoms with Crippen LogP contribution < -0.4 is 16.4 Å². The zero-order valence-corrected chi connectivity index (χ0v) is 13.1. The largest absolute Gasteiger partial charge is 0.370 e. The van der Waals surface area contributed by atoms with Gasteiger partial charge in [-0.25, -0.2) is 9.38 Å². The van der Waals surface area contributed by atoms with Crippen LogP contribution in [0.2, 0.25) is 0 Å². The number of aliphatic imine (C=N–C) groups is 1. The number of nitrogens with zero attached hydrogens (tertiary/aromatic N) is 1. The fraction of sp³-hybridized carbons (Fsp3) is 0.333. The van der Waals surface area contributed by atoms with Gasteiger partial charge in [-0.15, -0.1) is 24.0 Å². The summed E-state index contributed by atoms with van der Waals surface area (Å²) in [4.78, 5) is 15.4. The molecule has 0 bridgehead atoms. The molecule has 0 heterocycles. The topological polar surface area (TPSA) is 79.5 Å². The van der Waals surface area contributed by atoms with Crippen LogP contribution in [0.25, 0.3) is 0 Å². The number of halogens is 2.